The average molecular weight is 344 g/mol. The van der Waals surface area contributed by atoms with Gasteiger partial charge in [0.25, 0.3) is 0 Å². The molecule has 18 heavy (non-hydrogen) atoms. The molecule has 0 bridgehead atoms. The highest BCUT2D eigenvalue weighted by Crippen LogP contribution is 2.36. The highest BCUT2D eigenvalue weighted by Gasteiger charge is 2.11. The Kier molecular flexibility index (Phi) is 2.14. The second-order valence-electron chi connectivity index (χ2n) is 4.38. The average Bonchev–Trinajstić information content (AvgIpc) is 2.77. The minimum absolute atomic E-state index is 0.958. The molecule has 0 amide bonds. The van der Waals surface area contributed by atoms with Crippen LogP contribution in [0.4, 0.5) is 0 Å². The molecule has 0 aliphatic carbocycles. The van der Waals surface area contributed by atoms with E-state index in [-0.39, 0.29) is 0 Å². The Hall–Kier alpha value is -1.55. The highest BCUT2D eigenvalue weighted by molar-refractivity contribution is 14.1. The molecule has 1 aromatic heterocycles. The molecule has 0 aliphatic rings. The van der Waals surface area contributed by atoms with Gasteiger partial charge in [-0.3, -0.25) is 0 Å². The van der Waals surface area contributed by atoms with Gasteiger partial charge in [-0.2, -0.15) is 0 Å². The summed E-state index contributed by atoms with van der Waals surface area (Å²) in [5.41, 5.74) is 1.93. The Labute approximate surface area is 118 Å². The first-order valence-electron chi connectivity index (χ1n) is 5.83. The van der Waals surface area contributed by atoms with Gasteiger partial charge in [-0.25, -0.2) is 0 Å². The third kappa shape index (κ3) is 1.32. The van der Waals surface area contributed by atoms with E-state index in [1.807, 2.05) is 12.1 Å². The van der Waals surface area contributed by atoms with Crippen LogP contribution < -0.4 is 0 Å². The lowest BCUT2D eigenvalue weighted by atomic mass is 10.0. The van der Waals surface area contributed by atoms with Crippen LogP contribution >= 0.6 is 22.6 Å². The number of para-hydroxylation sites is 1. The van der Waals surface area contributed by atoms with Gasteiger partial charge in [0.2, 0.25) is 0 Å². The van der Waals surface area contributed by atoms with E-state index in [2.05, 4.69) is 65.1 Å². The van der Waals surface area contributed by atoms with Gasteiger partial charge in [-0.15, -0.1) is 0 Å². The van der Waals surface area contributed by atoms with E-state index in [9.17, 15) is 0 Å². The summed E-state index contributed by atoms with van der Waals surface area (Å²) in [6, 6.07) is 18.8. The van der Waals surface area contributed by atoms with Gasteiger partial charge in [0, 0.05) is 14.3 Å². The summed E-state index contributed by atoms with van der Waals surface area (Å²) < 4.78 is 7.17. The van der Waals surface area contributed by atoms with Gasteiger partial charge in [-0.05, 0) is 45.5 Å². The Morgan fingerprint density at radius 2 is 1.39 bits per heavy atom. The third-order valence-corrected chi connectivity index (χ3v) is 4.23. The van der Waals surface area contributed by atoms with E-state index in [4.69, 9.17) is 4.42 Å². The predicted octanol–water partition coefficient (Wildman–Crippen LogP) is 5.34. The molecule has 2 heteroatoms. The van der Waals surface area contributed by atoms with Crippen molar-refractivity contribution >= 4 is 55.3 Å². The molecule has 1 nitrogen and oxygen atoms in total. The van der Waals surface area contributed by atoms with Crippen molar-refractivity contribution in [3.8, 4) is 0 Å². The summed E-state index contributed by atoms with van der Waals surface area (Å²) in [6.45, 7) is 0. The normalized spacial score (nSPS) is 11.6. The fraction of sp³-hybridized carbons (Fsp3) is 0. The monoisotopic (exact) mass is 344 g/mol. The fourth-order valence-electron chi connectivity index (χ4n) is 2.55. The van der Waals surface area contributed by atoms with Crippen LogP contribution in [0.2, 0.25) is 0 Å². The number of hydrogen-bond acceptors (Lipinski definition) is 1. The van der Waals surface area contributed by atoms with Gasteiger partial charge in [0.15, 0.2) is 0 Å². The summed E-state index contributed by atoms with van der Waals surface area (Å²) in [6.07, 6.45) is 0. The zero-order valence-corrected chi connectivity index (χ0v) is 11.6. The van der Waals surface area contributed by atoms with Crippen molar-refractivity contribution in [2.75, 3.05) is 0 Å². The second-order valence-corrected chi connectivity index (χ2v) is 5.54. The summed E-state index contributed by atoms with van der Waals surface area (Å²) in [5.74, 6) is 0. The number of rotatable bonds is 0. The van der Waals surface area contributed by atoms with Crippen LogP contribution in [0.3, 0.4) is 0 Å². The lowest BCUT2D eigenvalue weighted by molar-refractivity contribution is 0.669. The molecular weight excluding hydrogens is 335 g/mol. The molecular formula is C16H9IO. The number of benzene rings is 3. The van der Waals surface area contributed by atoms with Gasteiger partial charge >= 0.3 is 0 Å². The maximum atomic E-state index is 5.94. The number of halogens is 1. The molecule has 1 heterocycles. The Balaban J connectivity index is 2.39. The first kappa shape index (κ1) is 10.4. The smallest absolute Gasteiger partial charge is 0.137 e. The number of furan rings is 1. The quantitative estimate of drug-likeness (QED) is 0.392. The van der Waals surface area contributed by atoms with E-state index in [1.165, 1.54) is 25.1 Å². The summed E-state index contributed by atoms with van der Waals surface area (Å²) in [4.78, 5) is 0. The van der Waals surface area contributed by atoms with Crippen LogP contribution in [0.5, 0.6) is 0 Å². The molecule has 4 rings (SSSR count). The third-order valence-electron chi connectivity index (χ3n) is 3.33. The zero-order valence-electron chi connectivity index (χ0n) is 9.48. The predicted molar refractivity (Wildman–Crippen MR) is 83.9 cm³/mol. The summed E-state index contributed by atoms with van der Waals surface area (Å²) in [7, 11) is 0. The first-order valence-corrected chi connectivity index (χ1v) is 6.91. The fourth-order valence-corrected chi connectivity index (χ4v) is 3.30. The van der Waals surface area contributed by atoms with Crippen molar-refractivity contribution in [3.05, 3.63) is 58.2 Å². The lowest BCUT2D eigenvalue weighted by Gasteiger charge is -2.01. The largest absolute Gasteiger partial charge is 0.456 e. The van der Waals surface area contributed by atoms with Crippen molar-refractivity contribution in [2.45, 2.75) is 0 Å². The van der Waals surface area contributed by atoms with Gasteiger partial charge in [-0.1, -0.05) is 42.5 Å². The molecule has 0 spiro atoms. The molecule has 0 radical (unpaired) electrons. The molecule has 0 saturated carbocycles. The topological polar surface area (TPSA) is 13.1 Å². The first-order chi connectivity index (χ1) is 8.84. The molecule has 86 valence electrons. The van der Waals surface area contributed by atoms with Crippen molar-refractivity contribution in [1.29, 1.82) is 0 Å². The molecule has 4 aromatic rings. The molecule has 0 aliphatic heterocycles. The number of fused-ring (bicyclic) bond motifs is 5. The molecule has 0 atom stereocenters. The standard InChI is InChI=1S/C16H9IO/c17-13-9-15-16(11-6-2-1-5-10(11)13)12-7-3-4-8-14(12)18-15/h1-9H. The van der Waals surface area contributed by atoms with Gasteiger partial charge in [0.1, 0.15) is 11.2 Å². The summed E-state index contributed by atoms with van der Waals surface area (Å²) in [5, 5.41) is 4.98. The van der Waals surface area contributed by atoms with Crippen LogP contribution in [-0.2, 0) is 0 Å². The Morgan fingerprint density at radius 1 is 0.722 bits per heavy atom. The molecule has 0 fully saturated rings. The SMILES string of the molecule is Ic1cc2oc3ccccc3c2c2ccccc12. The zero-order chi connectivity index (χ0) is 12.1. The molecule has 0 N–H and O–H groups in total. The van der Waals surface area contributed by atoms with Crippen molar-refractivity contribution < 1.29 is 4.42 Å². The minimum atomic E-state index is 0.958. The van der Waals surface area contributed by atoms with E-state index in [0.29, 0.717) is 0 Å². The van der Waals surface area contributed by atoms with Crippen LogP contribution in [0, 0.1) is 3.57 Å². The van der Waals surface area contributed by atoms with Crippen LogP contribution in [0.1, 0.15) is 0 Å². The van der Waals surface area contributed by atoms with Gasteiger partial charge in [0.05, 0.1) is 0 Å². The van der Waals surface area contributed by atoms with Gasteiger partial charge < -0.3 is 4.42 Å². The maximum Gasteiger partial charge on any atom is 0.137 e. The van der Waals surface area contributed by atoms with E-state index in [0.717, 1.165) is 11.2 Å². The van der Waals surface area contributed by atoms with Crippen molar-refractivity contribution in [2.24, 2.45) is 0 Å². The van der Waals surface area contributed by atoms with E-state index in [1.54, 1.807) is 0 Å². The minimum Gasteiger partial charge on any atom is -0.456 e. The Morgan fingerprint density at radius 3 is 2.22 bits per heavy atom. The maximum absolute atomic E-state index is 5.94. The lowest BCUT2D eigenvalue weighted by Crippen LogP contribution is -1.78. The Bertz CT molecular complexity index is 889. The second kappa shape index (κ2) is 3.72. The van der Waals surface area contributed by atoms with E-state index < -0.39 is 0 Å². The molecule has 3 aromatic carbocycles. The van der Waals surface area contributed by atoms with Crippen LogP contribution in [0.25, 0.3) is 32.7 Å². The molecule has 0 saturated heterocycles. The van der Waals surface area contributed by atoms with Crippen LogP contribution in [-0.4, -0.2) is 0 Å². The summed E-state index contributed by atoms with van der Waals surface area (Å²) >= 11 is 2.37. The van der Waals surface area contributed by atoms with Crippen molar-refractivity contribution in [3.63, 3.8) is 0 Å². The molecule has 0 unspecified atom stereocenters. The van der Waals surface area contributed by atoms with Crippen LogP contribution in [0.15, 0.2) is 59.0 Å². The number of hydrogen-bond donors (Lipinski definition) is 0. The van der Waals surface area contributed by atoms with E-state index >= 15 is 0 Å². The van der Waals surface area contributed by atoms with Crippen molar-refractivity contribution in [1.82, 2.24) is 0 Å². The highest BCUT2D eigenvalue weighted by atomic mass is 127.